The third-order valence-electron chi connectivity index (χ3n) is 3.02. The predicted molar refractivity (Wildman–Crippen MR) is 103 cm³/mol. The van der Waals surface area contributed by atoms with Crippen LogP contribution in [0.25, 0.3) is 0 Å². The lowest BCUT2D eigenvalue weighted by Crippen LogP contribution is -2.00. The van der Waals surface area contributed by atoms with Gasteiger partial charge in [-0.3, -0.25) is 0 Å². The van der Waals surface area contributed by atoms with E-state index in [4.69, 9.17) is 4.74 Å². The minimum atomic E-state index is 0.0822. The van der Waals surface area contributed by atoms with E-state index in [1.165, 1.54) is 9.13 Å². The monoisotopic (exact) mass is 572 g/mol. The Bertz CT molecular complexity index is 643. The van der Waals surface area contributed by atoms with Crippen molar-refractivity contribution in [3.63, 3.8) is 0 Å². The number of benzene rings is 2. The first-order chi connectivity index (χ1) is 9.43. The molecule has 0 aliphatic heterocycles. The van der Waals surface area contributed by atoms with E-state index in [1.807, 2.05) is 6.07 Å². The van der Waals surface area contributed by atoms with Crippen molar-refractivity contribution < 1.29 is 4.74 Å². The molecular formula is C15H12Br3IO. The Morgan fingerprint density at radius 3 is 2.45 bits per heavy atom. The molecule has 0 radical (unpaired) electrons. The van der Waals surface area contributed by atoms with Crippen LogP contribution in [-0.2, 0) is 0 Å². The zero-order valence-corrected chi connectivity index (χ0v) is 17.8. The highest BCUT2D eigenvalue weighted by molar-refractivity contribution is 14.1. The second kappa shape index (κ2) is 7.11. The van der Waals surface area contributed by atoms with Crippen LogP contribution < -0.4 is 4.74 Å². The maximum absolute atomic E-state index is 5.53. The Labute approximate surface area is 158 Å². The molecule has 0 saturated carbocycles. The molecule has 0 aliphatic rings. The van der Waals surface area contributed by atoms with Gasteiger partial charge in [-0.2, -0.15) is 0 Å². The molecule has 2 aromatic carbocycles. The molecule has 0 fully saturated rings. The summed E-state index contributed by atoms with van der Waals surface area (Å²) < 4.78 is 8.90. The van der Waals surface area contributed by atoms with Crippen LogP contribution in [0, 0.1) is 10.5 Å². The summed E-state index contributed by atoms with van der Waals surface area (Å²) in [6.07, 6.45) is 0. The minimum absolute atomic E-state index is 0.0822. The number of ether oxygens (including phenoxy) is 1. The largest absolute Gasteiger partial charge is 0.496 e. The highest BCUT2D eigenvalue weighted by Gasteiger charge is 2.19. The van der Waals surface area contributed by atoms with Crippen LogP contribution in [0.15, 0.2) is 39.3 Å². The number of hydrogen-bond acceptors (Lipinski definition) is 1. The van der Waals surface area contributed by atoms with Crippen molar-refractivity contribution in [2.45, 2.75) is 11.8 Å². The van der Waals surface area contributed by atoms with E-state index in [0.717, 1.165) is 25.8 Å². The fourth-order valence-corrected chi connectivity index (χ4v) is 4.47. The zero-order valence-electron chi connectivity index (χ0n) is 10.9. The van der Waals surface area contributed by atoms with Gasteiger partial charge in [-0.25, -0.2) is 0 Å². The van der Waals surface area contributed by atoms with Crippen LogP contribution in [-0.4, -0.2) is 7.11 Å². The van der Waals surface area contributed by atoms with Crippen molar-refractivity contribution in [1.82, 2.24) is 0 Å². The molecule has 0 spiro atoms. The standard InChI is InChI=1S/C15H12Br3IO/c1-8-5-14(20-2)11(7-12(8)17)15(18)10-6-9(16)3-4-13(10)19/h3-7,15H,1-2H3. The van der Waals surface area contributed by atoms with Gasteiger partial charge < -0.3 is 4.74 Å². The van der Waals surface area contributed by atoms with E-state index in [1.54, 1.807) is 7.11 Å². The van der Waals surface area contributed by atoms with Crippen molar-refractivity contribution in [1.29, 1.82) is 0 Å². The van der Waals surface area contributed by atoms with Crippen LogP contribution in [0.1, 0.15) is 21.5 Å². The van der Waals surface area contributed by atoms with Gasteiger partial charge in [0.2, 0.25) is 0 Å². The molecule has 1 atom stereocenters. The molecule has 0 aliphatic carbocycles. The molecule has 2 rings (SSSR count). The van der Waals surface area contributed by atoms with Gasteiger partial charge in [0.15, 0.2) is 0 Å². The Kier molecular flexibility index (Phi) is 5.97. The summed E-state index contributed by atoms with van der Waals surface area (Å²) in [5.41, 5.74) is 3.49. The minimum Gasteiger partial charge on any atom is -0.496 e. The van der Waals surface area contributed by atoms with Gasteiger partial charge in [-0.1, -0.05) is 47.8 Å². The van der Waals surface area contributed by atoms with Crippen molar-refractivity contribution >= 4 is 70.4 Å². The Morgan fingerprint density at radius 1 is 1.10 bits per heavy atom. The number of hydrogen-bond donors (Lipinski definition) is 0. The fraction of sp³-hybridized carbons (Fsp3) is 0.200. The smallest absolute Gasteiger partial charge is 0.123 e. The molecule has 0 heterocycles. The number of rotatable bonds is 3. The van der Waals surface area contributed by atoms with Crippen molar-refractivity contribution in [2.24, 2.45) is 0 Å². The lowest BCUT2D eigenvalue weighted by Gasteiger charge is -2.18. The first-order valence-electron chi connectivity index (χ1n) is 5.87. The van der Waals surface area contributed by atoms with Gasteiger partial charge >= 0.3 is 0 Å². The SMILES string of the molecule is COc1cc(C)c(Br)cc1C(Br)c1cc(Br)ccc1I. The molecule has 1 nitrogen and oxygen atoms in total. The molecule has 2 aromatic rings. The summed E-state index contributed by atoms with van der Waals surface area (Å²) in [5.74, 6) is 0.892. The zero-order chi connectivity index (χ0) is 14.9. The molecule has 20 heavy (non-hydrogen) atoms. The summed E-state index contributed by atoms with van der Waals surface area (Å²) in [5, 5.41) is 0. The number of methoxy groups -OCH3 is 1. The molecule has 0 saturated heterocycles. The molecule has 0 bridgehead atoms. The maximum atomic E-state index is 5.53. The van der Waals surface area contributed by atoms with Crippen LogP contribution in [0.5, 0.6) is 5.75 Å². The van der Waals surface area contributed by atoms with Gasteiger partial charge in [0.25, 0.3) is 0 Å². The highest BCUT2D eigenvalue weighted by atomic mass is 127. The quantitative estimate of drug-likeness (QED) is 0.296. The maximum Gasteiger partial charge on any atom is 0.123 e. The Hall–Kier alpha value is 0.410. The Morgan fingerprint density at radius 2 is 1.80 bits per heavy atom. The summed E-state index contributed by atoms with van der Waals surface area (Å²) in [6, 6.07) is 10.5. The molecule has 5 heteroatoms. The van der Waals surface area contributed by atoms with E-state index in [9.17, 15) is 0 Å². The number of alkyl halides is 1. The molecule has 0 aromatic heterocycles. The second-order valence-corrected chi connectivity index (χ2v) is 8.22. The van der Waals surface area contributed by atoms with Crippen LogP contribution in [0.3, 0.4) is 0 Å². The molecule has 0 amide bonds. The van der Waals surface area contributed by atoms with E-state index < -0.39 is 0 Å². The third-order valence-corrected chi connectivity index (χ3v) is 6.33. The summed E-state index contributed by atoms with van der Waals surface area (Å²) >= 11 is 13.3. The second-order valence-electron chi connectivity index (χ2n) is 4.37. The van der Waals surface area contributed by atoms with Crippen molar-refractivity contribution in [3.8, 4) is 5.75 Å². The van der Waals surface area contributed by atoms with Crippen molar-refractivity contribution in [3.05, 3.63) is 59.5 Å². The number of halogens is 4. The molecule has 1 unspecified atom stereocenters. The van der Waals surface area contributed by atoms with E-state index in [0.29, 0.717) is 0 Å². The lowest BCUT2D eigenvalue weighted by atomic mass is 10.0. The molecule has 0 N–H and O–H groups in total. The van der Waals surface area contributed by atoms with Crippen LogP contribution in [0.4, 0.5) is 0 Å². The number of aryl methyl sites for hydroxylation is 1. The summed E-state index contributed by atoms with van der Waals surface area (Å²) in [6.45, 7) is 2.06. The van der Waals surface area contributed by atoms with E-state index in [2.05, 4.69) is 102 Å². The summed E-state index contributed by atoms with van der Waals surface area (Å²) in [7, 11) is 1.71. The van der Waals surface area contributed by atoms with Crippen molar-refractivity contribution in [2.75, 3.05) is 7.11 Å². The Balaban J connectivity index is 2.55. The normalized spacial score (nSPS) is 12.3. The topological polar surface area (TPSA) is 9.23 Å². The summed E-state index contributed by atoms with van der Waals surface area (Å²) in [4.78, 5) is 0.0822. The lowest BCUT2D eigenvalue weighted by molar-refractivity contribution is 0.410. The average Bonchev–Trinajstić information content (AvgIpc) is 2.43. The molecule has 106 valence electrons. The van der Waals surface area contributed by atoms with Gasteiger partial charge in [-0.05, 0) is 71.0 Å². The highest BCUT2D eigenvalue weighted by Crippen LogP contribution is 2.41. The third kappa shape index (κ3) is 3.59. The van der Waals surface area contributed by atoms with Gasteiger partial charge in [0.05, 0.1) is 11.9 Å². The van der Waals surface area contributed by atoms with Gasteiger partial charge in [0.1, 0.15) is 5.75 Å². The van der Waals surface area contributed by atoms with Crippen LogP contribution >= 0.6 is 70.4 Å². The fourth-order valence-electron chi connectivity index (χ4n) is 1.92. The average molecular weight is 575 g/mol. The first kappa shape index (κ1) is 16.8. The van der Waals surface area contributed by atoms with Gasteiger partial charge in [-0.15, -0.1) is 0 Å². The predicted octanol–water partition coefficient (Wildman–Crippen LogP) is 6.62. The first-order valence-corrected chi connectivity index (χ1v) is 9.45. The van der Waals surface area contributed by atoms with E-state index >= 15 is 0 Å². The van der Waals surface area contributed by atoms with Gasteiger partial charge in [0, 0.05) is 18.1 Å². The molecular weight excluding hydrogens is 563 g/mol. The van der Waals surface area contributed by atoms with E-state index in [-0.39, 0.29) is 4.83 Å². The van der Waals surface area contributed by atoms with Crippen LogP contribution in [0.2, 0.25) is 0 Å².